The summed E-state index contributed by atoms with van der Waals surface area (Å²) in [6.07, 6.45) is 0. The molecule has 5 heteroatoms. The Bertz CT molecular complexity index is 587. The molecule has 0 amide bonds. The fourth-order valence-corrected chi connectivity index (χ4v) is 2.77. The number of ether oxygens (including phenoxy) is 1. The summed E-state index contributed by atoms with van der Waals surface area (Å²) in [5.74, 6) is 0.855. The van der Waals surface area contributed by atoms with Crippen molar-refractivity contribution in [3.05, 3.63) is 55.4 Å². The summed E-state index contributed by atoms with van der Waals surface area (Å²) in [6, 6.07) is 12.0. The fourth-order valence-electron chi connectivity index (χ4n) is 1.64. The van der Waals surface area contributed by atoms with Crippen molar-refractivity contribution in [2.24, 2.45) is 0 Å². The highest BCUT2D eigenvalue weighted by atomic mass is 79.9. The highest BCUT2D eigenvalue weighted by Gasteiger charge is 2.04. The molecule has 1 N–H and O–H groups in total. The minimum absolute atomic E-state index is 0.715. The van der Waals surface area contributed by atoms with E-state index in [-0.39, 0.29) is 0 Å². The average molecular weight is 450 g/mol. The van der Waals surface area contributed by atoms with Crippen LogP contribution in [0.5, 0.6) is 5.75 Å². The van der Waals surface area contributed by atoms with E-state index in [1.807, 2.05) is 36.4 Å². The number of hydrogen-bond acceptors (Lipinski definition) is 2. The molecular weight excluding hydrogens is 438 g/mol. The van der Waals surface area contributed by atoms with Crippen molar-refractivity contribution in [2.45, 2.75) is 6.54 Å². The van der Waals surface area contributed by atoms with Gasteiger partial charge in [0.25, 0.3) is 0 Å². The molecule has 0 aromatic heterocycles. The molecular formula is C14H12Br3NO. The normalized spacial score (nSPS) is 10.3. The van der Waals surface area contributed by atoms with E-state index in [4.69, 9.17) is 4.74 Å². The van der Waals surface area contributed by atoms with Crippen molar-refractivity contribution in [1.82, 2.24) is 0 Å². The van der Waals surface area contributed by atoms with Crippen LogP contribution in [-0.4, -0.2) is 7.11 Å². The van der Waals surface area contributed by atoms with Gasteiger partial charge in [0.1, 0.15) is 5.75 Å². The molecule has 2 nitrogen and oxygen atoms in total. The van der Waals surface area contributed by atoms with Crippen molar-refractivity contribution >= 4 is 53.5 Å². The van der Waals surface area contributed by atoms with Crippen LogP contribution in [0, 0.1) is 0 Å². The van der Waals surface area contributed by atoms with Crippen LogP contribution in [-0.2, 0) is 6.54 Å². The van der Waals surface area contributed by atoms with Gasteiger partial charge in [-0.25, -0.2) is 0 Å². The van der Waals surface area contributed by atoms with Crippen LogP contribution >= 0.6 is 47.8 Å². The molecule has 0 atom stereocenters. The summed E-state index contributed by atoms with van der Waals surface area (Å²) in [5, 5.41) is 3.40. The lowest BCUT2D eigenvalue weighted by Crippen LogP contribution is -2.01. The molecule has 0 aliphatic rings. The third-order valence-electron chi connectivity index (χ3n) is 2.65. The van der Waals surface area contributed by atoms with Crippen LogP contribution in [0.1, 0.15) is 5.56 Å². The number of nitrogens with one attached hydrogen (secondary N) is 1. The third-order valence-corrected chi connectivity index (χ3v) is 4.61. The summed E-state index contributed by atoms with van der Waals surface area (Å²) in [6.45, 7) is 0.715. The Morgan fingerprint density at radius 3 is 2.47 bits per heavy atom. The molecule has 2 aromatic rings. The van der Waals surface area contributed by atoms with E-state index in [1.165, 1.54) is 0 Å². The summed E-state index contributed by atoms with van der Waals surface area (Å²) in [5.41, 5.74) is 2.19. The summed E-state index contributed by atoms with van der Waals surface area (Å²) in [4.78, 5) is 0. The largest absolute Gasteiger partial charge is 0.497 e. The molecule has 100 valence electrons. The van der Waals surface area contributed by atoms with Crippen LogP contribution < -0.4 is 10.1 Å². The van der Waals surface area contributed by atoms with Gasteiger partial charge in [-0.3, -0.25) is 0 Å². The van der Waals surface area contributed by atoms with Gasteiger partial charge >= 0.3 is 0 Å². The zero-order valence-electron chi connectivity index (χ0n) is 10.2. The first kappa shape index (κ1) is 14.9. The Labute approximate surface area is 137 Å². The SMILES string of the molecule is COc1ccc(Br)c(CNc2cc(Br)ccc2Br)c1. The standard InChI is InChI=1S/C14H12Br3NO/c1-19-11-3-5-12(16)9(6-11)8-18-14-7-10(15)2-4-13(14)17/h2-7,18H,8H2,1H3. The predicted octanol–water partition coefficient (Wildman–Crippen LogP) is 5.59. The molecule has 19 heavy (non-hydrogen) atoms. The van der Waals surface area contributed by atoms with E-state index in [0.29, 0.717) is 6.54 Å². The maximum atomic E-state index is 5.24. The number of benzene rings is 2. The lowest BCUT2D eigenvalue weighted by Gasteiger charge is -2.11. The minimum atomic E-state index is 0.715. The van der Waals surface area contributed by atoms with Gasteiger partial charge in [0, 0.05) is 25.7 Å². The second-order valence-electron chi connectivity index (χ2n) is 3.94. The molecule has 0 bridgehead atoms. The van der Waals surface area contributed by atoms with Crippen molar-refractivity contribution in [2.75, 3.05) is 12.4 Å². The van der Waals surface area contributed by atoms with Gasteiger partial charge in [-0.2, -0.15) is 0 Å². The Morgan fingerprint density at radius 1 is 1.00 bits per heavy atom. The molecule has 0 saturated carbocycles. The van der Waals surface area contributed by atoms with E-state index in [9.17, 15) is 0 Å². The number of halogens is 3. The Balaban J connectivity index is 2.16. The Kier molecular flexibility index (Phi) is 5.30. The Hall–Kier alpha value is -0.520. The second-order valence-corrected chi connectivity index (χ2v) is 6.56. The Morgan fingerprint density at radius 2 is 1.74 bits per heavy atom. The fraction of sp³-hybridized carbons (Fsp3) is 0.143. The van der Waals surface area contributed by atoms with Crippen LogP contribution in [0.4, 0.5) is 5.69 Å². The predicted molar refractivity (Wildman–Crippen MR) is 89.9 cm³/mol. The number of rotatable bonds is 4. The summed E-state index contributed by atoms with van der Waals surface area (Å²) < 4.78 is 8.38. The van der Waals surface area contributed by atoms with Gasteiger partial charge in [0.15, 0.2) is 0 Å². The number of methoxy groups -OCH3 is 1. The van der Waals surface area contributed by atoms with Gasteiger partial charge in [-0.05, 0) is 57.9 Å². The molecule has 0 spiro atoms. The van der Waals surface area contributed by atoms with Crippen molar-refractivity contribution in [1.29, 1.82) is 0 Å². The van der Waals surface area contributed by atoms with E-state index >= 15 is 0 Å². The zero-order chi connectivity index (χ0) is 13.8. The number of anilines is 1. The van der Waals surface area contributed by atoms with Gasteiger partial charge in [0.05, 0.1) is 7.11 Å². The van der Waals surface area contributed by atoms with Gasteiger partial charge in [-0.15, -0.1) is 0 Å². The topological polar surface area (TPSA) is 21.3 Å². The first-order chi connectivity index (χ1) is 9.10. The van der Waals surface area contributed by atoms with Gasteiger partial charge < -0.3 is 10.1 Å². The second kappa shape index (κ2) is 6.77. The van der Waals surface area contributed by atoms with E-state index in [2.05, 4.69) is 53.1 Å². The average Bonchev–Trinajstić information content (AvgIpc) is 2.41. The molecule has 0 aliphatic carbocycles. The van der Waals surface area contributed by atoms with Crippen LogP contribution in [0.15, 0.2) is 49.8 Å². The maximum Gasteiger partial charge on any atom is 0.119 e. The zero-order valence-corrected chi connectivity index (χ0v) is 15.0. The van der Waals surface area contributed by atoms with E-state index in [1.54, 1.807) is 7.11 Å². The van der Waals surface area contributed by atoms with Crippen molar-refractivity contribution in [3.63, 3.8) is 0 Å². The lowest BCUT2D eigenvalue weighted by molar-refractivity contribution is 0.414. The molecule has 0 aliphatic heterocycles. The van der Waals surface area contributed by atoms with Gasteiger partial charge in [-0.1, -0.05) is 31.9 Å². The molecule has 2 rings (SSSR count). The summed E-state index contributed by atoms with van der Waals surface area (Å²) >= 11 is 10.6. The summed E-state index contributed by atoms with van der Waals surface area (Å²) in [7, 11) is 1.67. The monoisotopic (exact) mass is 447 g/mol. The smallest absolute Gasteiger partial charge is 0.119 e. The lowest BCUT2D eigenvalue weighted by atomic mass is 10.2. The first-order valence-electron chi connectivity index (χ1n) is 5.61. The van der Waals surface area contributed by atoms with E-state index in [0.717, 1.165) is 30.4 Å². The maximum absolute atomic E-state index is 5.24. The van der Waals surface area contributed by atoms with E-state index < -0.39 is 0 Å². The number of hydrogen-bond donors (Lipinski definition) is 1. The van der Waals surface area contributed by atoms with Crippen LogP contribution in [0.3, 0.4) is 0 Å². The highest BCUT2D eigenvalue weighted by molar-refractivity contribution is 9.11. The van der Waals surface area contributed by atoms with Crippen molar-refractivity contribution < 1.29 is 4.74 Å². The molecule has 0 radical (unpaired) electrons. The molecule has 0 unspecified atom stereocenters. The van der Waals surface area contributed by atoms with Crippen LogP contribution in [0.25, 0.3) is 0 Å². The van der Waals surface area contributed by atoms with Crippen molar-refractivity contribution in [3.8, 4) is 5.75 Å². The third kappa shape index (κ3) is 3.97. The first-order valence-corrected chi connectivity index (χ1v) is 7.99. The highest BCUT2D eigenvalue weighted by Crippen LogP contribution is 2.28. The molecule has 0 fully saturated rings. The molecule has 0 heterocycles. The van der Waals surface area contributed by atoms with Gasteiger partial charge in [0.2, 0.25) is 0 Å². The molecule has 2 aromatic carbocycles. The minimum Gasteiger partial charge on any atom is -0.497 e. The molecule has 0 saturated heterocycles. The van der Waals surface area contributed by atoms with Crippen LogP contribution in [0.2, 0.25) is 0 Å². The quantitative estimate of drug-likeness (QED) is 0.656.